The first-order valence-corrected chi connectivity index (χ1v) is 10.3. The summed E-state index contributed by atoms with van der Waals surface area (Å²) in [6.45, 7) is 3.32. The van der Waals surface area contributed by atoms with Crippen molar-refractivity contribution in [1.29, 1.82) is 0 Å². The van der Waals surface area contributed by atoms with Crippen molar-refractivity contribution in [3.05, 3.63) is 74.3 Å². The summed E-state index contributed by atoms with van der Waals surface area (Å²) in [4.78, 5) is 30.9. The van der Waals surface area contributed by atoms with Crippen LogP contribution >= 0.6 is 0 Å². The molecule has 0 spiro atoms. The number of nitrogens with two attached hydrogens (primary N) is 2. The molecule has 4 N–H and O–H groups in total. The average molecular weight is 490 g/mol. The van der Waals surface area contributed by atoms with Crippen molar-refractivity contribution >= 4 is 17.1 Å². The molecule has 2 heterocycles. The lowest BCUT2D eigenvalue weighted by molar-refractivity contribution is -0.0587. The summed E-state index contributed by atoms with van der Waals surface area (Å²) < 4.78 is 59.9. The molecule has 0 bridgehead atoms. The number of hydrogen-bond acceptors (Lipinski definition) is 6. The number of aryl methyl sites for hydroxylation is 1. The number of aromatic nitrogens is 3. The zero-order chi connectivity index (χ0) is 26.2. The number of alkyl halides is 2. The summed E-state index contributed by atoms with van der Waals surface area (Å²) in [5.74, 6) is 0.261. The van der Waals surface area contributed by atoms with Crippen molar-refractivity contribution in [2.24, 2.45) is 11.8 Å². The molecule has 0 fully saturated rings. The minimum absolute atomic E-state index is 0.0434. The Morgan fingerprint density at radius 3 is 2.37 bits per heavy atom. The molecule has 0 saturated heterocycles. The van der Waals surface area contributed by atoms with Crippen molar-refractivity contribution in [2.75, 3.05) is 10.7 Å². The van der Waals surface area contributed by atoms with Gasteiger partial charge in [-0.25, -0.2) is 24.0 Å². The van der Waals surface area contributed by atoms with Crippen molar-refractivity contribution in [1.82, 2.24) is 14.1 Å². The molecule has 184 valence electrons. The minimum atomic E-state index is -3.81. The van der Waals surface area contributed by atoms with E-state index in [4.69, 9.17) is 18.0 Å². The van der Waals surface area contributed by atoms with Crippen LogP contribution in [0.25, 0.3) is 5.69 Å². The van der Waals surface area contributed by atoms with Gasteiger partial charge >= 0.3 is 5.69 Å². The number of pyridine rings is 1. The van der Waals surface area contributed by atoms with Gasteiger partial charge in [0.05, 0.1) is 29.8 Å². The van der Waals surface area contributed by atoms with E-state index in [1.807, 2.05) is 0 Å². The van der Waals surface area contributed by atoms with Crippen LogP contribution in [0.15, 0.2) is 40.2 Å². The van der Waals surface area contributed by atoms with Crippen LogP contribution in [0.4, 0.5) is 34.6 Å². The summed E-state index contributed by atoms with van der Waals surface area (Å²) in [6.07, 6.45) is 7.98. The van der Waals surface area contributed by atoms with E-state index < -0.39 is 64.0 Å². The lowest BCUT2D eigenvalue weighted by atomic mass is 10.00. The molecule has 0 amide bonds. The zero-order valence-corrected chi connectivity index (χ0v) is 19.0. The summed E-state index contributed by atoms with van der Waals surface area (Å²) in [5.41, 5.74) is 0.923. The summed E-state index contributed by atoms with van der Waals surface area (Å²) in [5, 5.41) is 0.401. The number of benzene rings is 1. The Bertz CT molecular complexity index is 1460. The SMILES string of the molecule is C#CCn1c(C(F)(F)C(C)C)c(N(N)c2cc(F)c(F)cc2N)c(=O)n(-c2cncc(C)c2)c1=O. The fourth-order valence-electron chi connectivity index (χ4n) is 3.47. The van der Waals surface area contributed by atoms with E-state index in [1.165, 1.54) is 18.5 Å². The van der Waals surface area contributed by atoms with E-state index in [9.17, 15) is 18.4 Å². The normalized spacial score (nSPS) is 11.5. The van der Waals surface area contributed by atoms with Gasteiger partial charge in [0, 0.05) is 24.2 Å². The van der Waals surface area contributed by atoms with Crippen LogP contribution in [0.2, 0.25) is 0 Å². The van der Waals surface area contributed by atoms with E-state index in [1.54, 1.807) is 6.92 Å². The fourth-order valence-corrected chi connectivity index (χ4v) is 3.47. The van der Waals surface area contributed by atoms with Gasteiger partial charge in [-0.2, -0.15) is 8.78 Å². The van der Waals surface area contributed by atoms with Gasteiger partial charge < -0.3 is 5.73 Å². The van der Waals surface area contributed by atoms with Crippen molar-refractivity contribution < 1.29 is 17.6 Å². The van der Waals surface area contributed by atoms with Gasteiger partial charge in [-0.15, -0.1) is 6.42 Å². The largest absolute Gasteiger partial charge is 0.397 e. The molecule has 0 aliphatic rings. The van der Waals surface area contributed by atoms with Crippen LogP contribution < -0.4 is 27.8 Å². The highest BCUT2D eigenvalue weighted by atomic mass is 19.3. The van der Waals surface area contributed by atoms with Crippen LogP contribution in [0, 0.1) is 36.8 Å². The zero-order valence-electron chi connectivity index (χ0n) is 19.0. The first-order valence-electron chi connectivity index (χ1n) is 10.3. The van der Waals surface area contributed by atoms with Crippen LogP contribution in [-0.2, 0) is 12.5 Å². The topological polar surface area (TPSA) is 112 Å². The van der Waals surface area contributed by atoms with Gasteiger partial charge in [0.2, 0.25) is 0 Å². The maximum Gasteiger partial charge on any atom is 0.337 e. The molecular formula is C23H22F4N6O2. The Hall–Kier alpha value is -4.11. The van der Waals surface area contributed by atoms with Crippen molar-refractivity contribution in [2.45, 2.75) is 33.2 Å². The Balaban J connectivity index is 2.56. The first kappa shape index (κ1) is 25.5. The minimum Gasteiger partial charge on any atom is -0.397 e. The van der Waals surface area contributed by atoms with Gasteiger partial charge in [0.15, 0.2) is 11.6 Å². The fraction of sp³-hybridized carbons (Fsp3) is 0.261. The highest BCUT2D eigenvalue weighted by Crippen LogP contribution is 2.41. The highest BCUT2D eigenvalue weighted by molar-refractivity contribution is 5.75. The Morgan fingerprint density at radius 2 is 1.80 bits per heavy atom. The molecule has 3 rings (SSSR count). The summed E-state index contributed by atoms with van der Waals surface area (Å²) in [6, 6.07) is 2.56. The lowest BCUT2D eigenvalue weighted by Crippen LogP contribution is -2.48. The van der Waals surface area contributed by atoms with Crippen LogP contribution in [0.3, 0.4) is 0 Å². The maximum absolute atomic E-state index is 15.6. The third kappa shape index (κ3) is 4.38. The maximum atomic E-state index is 15.6. The smallest absolute Gasteiger partial charge is 0.337 e. The predicted octanol–water partition coefficient (Wildman–Crippen LogP) is 2.96. The number of hydrazine groups is 1. The number of rotatable bonds is 6. The number of terminal acetylenes is 1. The van der Waals surface area contributed by atoms with Crippen LogP contribution in [0.1, 0.15) is 25.1 Å². The number of halogens is 4. The molecule has 2 aromatic heterocycles. The third-order valence-electron chi connectivity index (χ3n) is 5.30. The van der Waals surface area contributed by atoms with Crippen LogP contribution in [0.5, 0.6) is 0 Å². The van der Waals surface area contributed by atoms with E-state index in [0.29, 0.717) is 31.8 Å². The highest BCUT2D eigenvalue weighted by Gasteiger charge is 2.44. The monoisotopic (exact) mass is 490 g/mol. The molecule has 0 atom stereocenters. The molecule has 0 radical (unpaired) electrons. The molecule has 0 saturated carbocycles. The molecule has 1 aromatic carbocycles. The van der Waals surface area contributed by atoms with Gasteiger partial charge in [-0.3, -0.25) is 19.4 Å². The van der Waals surface area contributed by atoms with E-state index in [0.717, 1.165) is 13.8 Å². The van der Waals surface area contributed by atoms with Gasteiger partial charge in [0.25, 0.3) is 11.5 Å². The number of anilines is 3. The van der Waals surface area contributed by atoms with Gasteiger partial charge in [-0.05, 0) is 18.6 Å². The van der Waals surface area contributed by atoms with Gasteiger partial charge in [0.1, 0.15) is 11.4 Å². The van der Waals surface area contributed by atoms with E-state index >= 15 is 8.78 Å². The third-order valence-corrected chi connectivity index (χ3v) is 5.30. The van der Waals surface area contributed by atoms with E-state index in [2.05, 4.69) is 10.9 Å². The van der Waals surface area contributed by atoms with Crippen molar-refractivity contribution in [3.8, 4) is 18.0 Å². The lowest BCUT2D eigenvalue weighted by Gasteiger charge is -2.30. The molecular weight excluding hydrogens is 468 g/mol. The molecule has 0 aliphatic heterocycles. The molecule has 0 unspecified atom stereocenters. The molecule has 8 nitrogen and oxygen atoms in total. The molecule has 12 heteroatoms. The predicted molar refractivity (Wildman–Crippen MR) is 123 cm³/mol. The number of nitrogens with zero attached hydrogens (tertiary/aromatic N) is 4. The molecule has 3 aromatic rings. The van der Waals surface area contributed by atoms with Crippen molar-refractivity contribution in [3.63, 3.8) is 0 Å². The average Bonchev–Trinajstić information content (AvgIpc) is 2.77. The molecule has 0 aliphatic carbocycles. The summed E-state index contributed by atoms with van der Waals surface area (Å²) >= 11 is 0. The second kappa shape index (κ2) is 9.27. The Morgan fingerprint density at radius 1 is 1.17 bits per heavy atom. The number of hydrogen-bond donors (Lipinski definition) is 2. The Labute approximate surface area is 197 Å². The quantitative estimate of drug-likeness (QED) is 0.181. The summed E-state index contributed by atoms with van der Waals surface area (Å²) in [7, 11) is 0. The van der Waals surface area contributed by atoms with Crippen LogP contribution in [-0.4, -0.2) is 14.1 Å². The second-order valence-electron chi connectivity index (χ2n) is 8.10. The Kier molecular flexibility index (Phi) is 6.75. The standard InChI is InChI=1S/C23H22F4N6O2/c1-5-6-31-20(23(26,27)12(2)3)19(33(29)18-9-16(25)15(24)8-17(18)28)21(34)32(22(31)35)14-7-13(4)10-30-11-14/h1,7-12H,6,28-29H2,2-4H3. The number of nitrogen functional groups attached to an aromatic ring is 1. The molecule has 35 heavy (non-hydrogen) atoms. The second-order valence-corrected chi connectivity index (χ2v) is 8.10. The van der Waals surface area contributed by atoms with Gasteiger partial charge in [-0.1, -0.05) is 19.8 Å². The first-order chi connectivity index (χ1) is 16.3. The van der Waals surface area contributed by atoms with E-state index in [-0.39, 0.29) is 5.69 Å².